The Hall–Kier alpha value is -1.71. The maximum atomic E-state index is 12.1. The number of likely N-dealkylation sites (N-methyl/N-ethyl adjacent to an activating group) is 2. The Labute approximate surface area is 121 Å². The van der Waals surface area contributed by atoms with Gasteiger partial charge in [-0.2, -0.15) is 0 Å². The topological polar surface area (TPSA) is 35.6 Å². The highest BCUT2D eigenvalue weighted by atomic mass is 16.2. The van der Waals surface area contributed by atoms with Gasteiger partial charge in [-0.1, -0.05) is 6.07 Å². The maximum Gasteiger partial charge on any atom is 0.242 e. The van der Waals surface area contributed by atoms with Gasteiger partial charge in [-0.25, -0.2) is 0 Å². The lowest BCUT2D eigenvalue weighted by Crippen LogP contribution is -2.38. The molecule has 1 aromatic rings. The monoisotopic (exact) mass is 275 g/mol. The molecule has 0 aliphatic carbocycles. The van der Waals surface area contributed by atoms with E-state index >= 15 is 0 Å². The number of nitrogens with zero attached hydrogens (tertiary/aromatic N) is 2. The molecule has 0 aromatic heterocycles. The number of nitrogens with one attached hydrogen (secondary N) is 1. The van der Waals surface area contributed by atoms with Crippen LogP contribution in [-0.4, -0.2) is 44.0 Å². The van der Waals surface area contributed by atoms with Gasteiger partial charge in [0.05, 0.1) is 6.54 Å². The highest BCUT2D eigenvalue weighted by Gasteiger charge is 2.15. The number of amides is 1. The van der Waals surface area contributed by atoms with E-state index in [9.17, 15) is 4.79 Å². The van der Waals surface area contributed by atoms with Crippen LogP contribution < -0.4 is 10.2 Å². The minimum absolute atomic E-state index is 0.183. The van der Waals surface area contributed by atoms with Crippen molar-refractivity contribution < 1.29 is 4.79 Å². The Morgan fingerprint density at radius 3 is 2.75 bits per heavy atom. The summed E-state index contributed by atoms with van der Waals surface area (Å²) in [6.45, 7) is 7.05. The van der Waals surface area contributed by atoms with Crippen LogP contribution in [0.2, 0.25) is 0 Å². The number of anilines is 2. The van der Waals surface area contributed by atoms with Crippen LogP contribution in [0.25, 0.3) is 0 Å². The van der Waals surface area contributed by atoms with Crippen molar-refractivity contribution >= 4 is 17.3 Å². The van der Waals surface area contributed by atoms with Crippen LogP contribution in [0.1, 0.15) is 25.8 Å². The van der Waals surface area contributed by atoms with Gasteiger partial charge < -0.3 is 15.1 Å². The van der Waals surface area contributed by atoms with E-state index < -0.39 is 0 Å². The normalized spacial score (nSPS) is 13.3. The number of fused-ring (bicyclic) bond motifs is 1. The van der Waals surface area contributed by atoms with Crippen LogP contribution in [-0.2, 0) is 11.2 Å². The van der Waals surface area contributed by atoms with Crippen LogP contribution in [0, 0.1) is 0 Å². The second-order valence-electron chi connectivity index (χ2n) is 5.29. The molecule has 1 heterocycles. The number of benzene rings is 1. The zero-order chi connectivity index (χ0) is 14.5. The van der Waals surface area contributed by atoms with Crippen LogP contribution >= 0.6 is 0 Å². The first kappa shape index (κ1) is 14.7. The molecular weight excluding hydrogens is 250 g/mol. The molecule has 0 saturated heterocycles. The summed E-state index contributed by atoms with van der Waals surface area (Å²) in [6.07, 6.45) is 2.34. The van der Waals surface area contributed by atoms with Crippen LogP contribution in [0.15, 0.2) is 18.2 Å². The highest BCUT2D eigenvalue weighted by molar-refractivity contribution is 5.81. The van der Waals surface area contributed by atoms with Crippen molar-refractivity contribution in [3.05, 3.63) is 23.8 Å². The first-order chi connectivity index (χ1) is 9.65. The summed E-state index contributed by atoms with van der Waals surface area (Å²) < 4.78 is 0. The number of carbonyl (C=O) groups excluding carboxylic acids is 1. The molecule has 0 radical (unpaired) electrons. The molecular formula is C16H25N3O. The molecule has 4 heteroatoms. The fraction of sp³-hybridized carbons (Fsp3) is 0.562. The van der Waals surface area contributed by atoms with E-state index in [0.717, 1.165) is 31.7 Å². The summed E-state index contributed by atoms with van der Waals surface area (Å²) in [4.78, 5) is 16.0. The fourth-order valence-electron chi connectivity index (χ4n) is 2.66. The molecule has 0 saturated carbocycles. The van der Waals surface area contributed by atoms with E-state index in [-0.39, 0.29) is 5.91 Å². The van der Waals surface area contributed by atoms with Gasteiger partial charge in [0.15, 0.2) is 0 Å². The average Bonchev–Trinajstić information content (AvgIpc) is 2.48. The summed E-state index contributed by atoms with van der Waals surface area (Å²) in [5.74, 6) is 0.183. The van der Waals surface area contributed by atoms with Gasteiger partial charge in [-0.05, 0) is 44.4 Å². The van der Waals surface area contributed by atoms with Gasteiger partial charge in [0.1, 0.15) is 0 Å². The lowest BCUT2D eigenvalue weighted by Gasteiger charge is -2.26. The predicted octanol–water partition coefficient (Wildman–Crippen LogP) is 2.35. The molecule has 0 bridgehead atoms. The lowest BCUT2D eigenvalue weighted by molar-refractivity contribution is -0.129. The summed E-state index contributed by atoms with van der Waals surface area (Å²) >= 11 is 0. The molecule has 1 aliphatic rings. The van der Waals surface area contributed by atoms with E-state index in [2.05, 4.69) is 23.5 Å². The van der Waals surface area contributed by atoms with E-state index in [4.69, 9.17) is 0 Å². The average molecular weight is 275 g/mol. The second kappa shape index (κ2) is 6.64. The van der Waals surface area contributed by atoms with Crippen molar-refractivity contribution in [2.45, 2.75) is 26.7 Å². The Morgan fingerprint density at radius 1 is 1.30 bits per heavy atom. The number of aryl methyl sites for hydroxylation is 1. The third kappa shape index (κ3) is 3.24. The second-order valence-corrected chi connectivity index (χ2v) is 5.29. The molecule has 0 unspecified atom stereocenters. The van der Waals surface area contributed by atoms with E-state index in [1.54, 1.807) is 0 Å². The van der Waals surface area contributed by atoms with Crippen molar-refractivity contribution in [2.75, 3.05) is 43.4 Å². The molecule has 1 N–H and O–H groups in total. The van der Waals surface area contributed by atoms with Crippen molar-refractivity contribution in [1.29, 1.82) is 0 Å². The van der Waals surface area contributed by atoms with Crippen molar-refractivity contribution in [3.63, 3.8) is 0 Å². The molecule has 0 fully saturated rings. The number of carbonyl (C=O) groups is 1. The third-order valence-corrected chi connectivity index (χ3v) is 3.96. The zero-order valence-electron chi connectivity index (χ0n) is 12.8. The van der Waals surface area contributed by atoms with Gasteiger partial charge in [0.2, 0.25) is 5.91 Å². The van der Waals surface area contributed by atoms with Gasteiger partial charge in [0, 0.05) is 38.1 Å². The molecule has 2 rings (SSSR count). The van der Waals surface area contributed by atoms with E-state index in [1.165, 1.54) is 17.7 Å². The molecule has 1 amide bonds. The van der Waals surface area contributed by atoms with Crippen molar-refractivity contribution in [2.24, 2.45) is 0 Å². The van der Waals surface area contributed by atoms with E-state index in [0.29, 0.717) is 6.54 Å². The summed E-state index contributed by atoms with van der Waals surface area (Å²) in [5, 5.41) is 3.43. The molecule has 0 atom stereocenters. The number of hydrogen-bond donors (Lipinski definition) is 1. The Balaban J connectivity index is 2.05. The quantitative estimate of drug-likeness (QED) is 0.896. The maximum absolute atomic E-state index is 12.1. The molecule has 20 heavy (non-hydrogen) atoms. The Morgan fingerprint density at radius 2 is 2.05 bits per heavy atom. The van der Waals surface area contributed by atoms with Crippen molar-refractivity contribution in [1.82, 2.24) is 4.90 Å². The van der Waals surface area contributed by atoms with Crippen LogP contribution in [0.3, 0.4) is 0 Å². The molecule has 4 nitrogen and oxygen atoms in total. The Kier molecular flexibility index (Phi) is 4.88. The van der Waals surface area contributed by atoms with Gasteiger partial charge in [-0.15, -0.1) is 0 Å². The largest absolute Gasteiger partial charge is 0.385 e. The summed E-state index contributed by atoms with van der Waals surface area (Å²) in [7, 11) is 1.98. The zero-order valence-corrected chi connectivity index (χ0v) is 12.8. The smallest absolute Gasteiger partial charge is 0.242 e. The standard InChI is InChI=1S/C16H25N3O/c1-4-19(5-2)16(20)12-18(3)14-9-8-13-7-6-10-17-15(13)11-14/h8-9,11,17H,4-7,10,12H2,1-3H3. The summed E-state index contributed by atoms with van der Waals surface area (Å²) in [6, 6.07) is 6.45. The minimum atomic E-state index is 0.183. The first-order valence-corrected chi connectivity index (χ1v) is 7.51. The van der Waals surface area contributed by atoms with Crippen LogP contribution in [0.4, 0.5) is 11.4 Å². The van der Waals surface area contributed by atoms with Crippen molar-refractivity contribution in [3.8, 4) is 0 Å². The SMILES string of the molecule is CCN(CC)C(=O)CN(C)c1ccc2c(c1)NCCC2. The molecule has 1 aromatic carbocycles. The predicted molar refractivity (Wildman–Crippen MR) is 84.5 cm³/mol. The third-order valence-electron chi connectivity index (χ3n) is 3.96. The Bertz CT molecular complexity index is 469. The first-order valence-electron chi connectivity index (χ1n) is 7.51. The van der Waals surface area contributed by atoms with Gasteiger partial charge >= 0.3 is 0 Å². The molecule has 0 spiro atoms. The molecule has 110 valence electrons. The number of rotatable bonds is 5. The van der Waals surface area contributed by atoms with Gasteiger partial charge in [0.25, 0.3) is 0 Å². The molecule has 1 aliphatic heterocycles. The highest BCUT2D eigenvalue weighted by Crippen LogP contribution is 2.26. The fourth-order valence-corrected chi connectivity index (χ4v) is 2.66. The van der Waals surface area contributed by atoms with Crippen LogP contribution in [0.5, 0.6) is 0 Å². The van der Waals surface area contributed by atoms with Gasteiger partial charge in [-0.3, -0.25) is 4.79 Å². The number of hydrogen-bond acceptors (Lipinski definition) is 3. The minimum Gasteiger partial charge on any atom is -0.385 e. The summed E-state index contributed by atoms with van der Waals surface area (Å²) in [5.41, 5.74) is 3.69. The van der Waals surface area contributed by atoms with E-state index in [1.807, 2.05) is 30.7 Å². The lowest BCUT2D eigenvalue weighted by atomic mass is 10.0.